The number of nitrogens with zero attached hydrogens (tertiary/aromatic N) is 2. The van der Waals surface area contributed by atoms with E-state index in [1.165, 1.54) is 12.1 Å². The molecule has 0 bridgehead atoms. The third-order valence-electron chi connectivity index (χ3n) is 4.91. The summed E-state index contributed by atoms with van der Waals surface area (Å²) in [5, 5.41) is 5.11. The van der Waals surface area contributed by atoms with Crippen LogP contribution in [0.5, 0.6) is 0 Å². The average Bonchev–Trinajstić information content (AvgIpc) is 3.42. The smallest absolute Gasteiger partial charge is 0.226 e. The summed E-state index contributed by atoms with van der Waals surface area (Å²) >= 11 is 12.1. The van der Waals surface area contributed by atoms with E-state index >= 15 is 0 Å². The molecule has 1 atom stereocenters. The quantitative estimate of drug-likeness (QED) is 0.654. The zero-order chi connectivity index (χ0) is 19.7. The van der Waals surface area contributed by atoms with Gasteiger partial charge < -0.3 is 9.74 Å². The van der Waals surface area contributed by atoms with E-state index in [2.05, 4.69) is 5.16 Å². The Bertz CT molecular complexity index is 930. The molecule has 0 radical (unpaired) electrons. The first-order valence-corrected chi connectivity index (χ1v) is 9.96. The molecule has 28 heavy (non-hydrogen) atoms. The zero-order valence-electron chi connectivity index (χ0n) is 15.1. The molecule has 0 N–H and O–H groups in total. The second-order valence-corrected chi connectivity index (χ2v) is 8.04. The van der Waals surface area contributed by atoms with Crippen molar-refractivity contribution in [2.75, 3.05) is 6.54 Å². The van der Waals surface area contributed by atoms with Crippen LogP contribution in [0.1, 0.15) is 30.4 Å². The predicted molar refractivity (Wildman–Crippen MR) is 107 cm³/mol. The van der Waals surface area contributed by atoms with Crippen molar-refractivity contribution in [3.8, 4) is 0 Å². The molecule has 0 saturated heterocycles. The van der Waals surface area contributed by atoms with Crippen LogP contribution >= 0.6 is 23.2 Å². The fourth-order valence-electron chi connectivity index (χ4n) is 3.29. The monoisotopic (exact) mass is 420 g/mol. The summed E-state index contributed by atoms with van der Waals surface area (Å²) < 4.78 is 13.5. The van der Waals surface area contributed by atoms with Gasteiger partial charge in [-0.3, -0.25) is 4.79 Å². The molecular weight excluding hydrogens is 402 g/mol. The Morgan fingerprint density at radius 2 is 2.00 bits per heavy atom. The van der Waals surface area contributed by atoms with E-state index in [0.29, 0.717) is 29.6 Å². The van der Waals surface area contributed by atoms with Crippen LogP contribution in [-0.2, 0) is 16.2 Å². The van der Waals surface area contributed by atoms with Gasteiger partial charge in [0, 0.05) is 24.4 Å². The second kappa shape index (κ2) is 8.10. The number of rotatable bonds is 6. The number of benzene rings is 2. The van der Waals surface area contributed by atoms with Gasteiger partial charge in [0.1, 0.15) is 5.82 Å². The van der Waals surface area contributed by atoms with Crippen LogP contribution in [-0.4, -0.2) is 29.2 Å². The van der Waals surface area contributed by atoms with Gasteiger partial charge in [0.15, 0.2) is 6.10 Å². The highest BCUT2D eigenvalue weighted by molar-refractivity contribution is 6.42. The van der Waals surface area contributed by atoms with Crippen LogP contribution < -0.4 is 0 Å². The molecule has 1 fully saturated rings. The number of hydrogen-bond acceptors (Lipinski definition) is 3. The standard InChI is InChI=1S/C21H19Cl2FN2O2/c22-18-7-6-15(9-19(18)23)20-10-17(28-25-20)12-26(21(27)14-4-5-14)11-13-2-1-3-16(24)8-13/h1-3,6-9,14,17H,4-5,10-12H2/t17-/m1/s1. The fourth-order valence-corrected chi connectivity index (χ4v) is 3.59. The van der Waals surface area contributed by atoms with E-state index < -0.39 is 0 Å². The highest BCUT2D eigenvalue weighted by Gasteiger charge is 2.35. The molecule has 4 nitrogen and oxygen atoms in total. The molecule has 0 unspecified atom stereocenters. The van der Waals surface area contributed by atoms with Crippen LogP contribution in [0.25, 0.3) is 0 Å². The minimum Gasteiger partial charge on any atom is -0.390 e. The Hall–Kier alpha value is -2.11. The van der Waals surface area contributed by atoms with Crippen molar-refractivity contribution in [3.05, 3.63) is 69.5 Å². The Morgan fingerprint density at radius 3 is 2.71 bits per heavy atom. The molecule has 1 heterocycles. The lowest BCUT2D eigenvalue weighted by atomic mass is 10.0. The van der Waals surface area contributed by atoms with Gasteiger partial charge in [-0.15, -0.1) is 0 Å². The molecule has 0 aromatic heterocycles. The number of amides is 1. The molecule has 1 aliphatic heterocycles. The van der Waals surface area contributed by atoms with Crippen molar-refractivity contribution in [2.24, 2.45) is 11.1 Å². The van der Waals surface area contributed by atoms with E-state index in [0.717, 1.165) is 29.7 Å². The van der Waals surface area contributed by atoms with Crippen molar-refractivity contribution in [3.63, 3.8) is 0 Å². The van der Waals surface area contributed by atoms with Gasteiger partial charge in [0.05, 0.1) is 22.3 Å². The largest absolute Gasteiger partial charge is 0.390 e. The third kappa shape index (κ3) is 4.47. The predicted octanol–water partition coefficient (Wildman–Crippen LogP) is 5.06. The SMILES string of the molecule is O=C(C1CC1)N(Cc1cccc(F)c1)C[C@H]1CC(c2ccc(Cl)c(Cl)c2)=NO1. The summed E-state index contributed by atoms with van der Waals surface area (Å²) in [6.07, 6.45) is 2.14. The molecule has 1 amide bonds. The van der Waals surface area contributed by atoms with Crippen molar-refractivity contribution in [2.45, 2.75) is 31.9 Å². The number of hydrogen-bond donors (Lipinski definition) is 0. The highest BCUT2D eigenvalue weighted by atomic mass is 35.5. The van der Waals surface area contributed by atoms with Crippen molar-refractivity contribution in [1.29, 1.82) is 0 Å². The molecule has 146 valence electrons. The van der Waals surface area contributed by atoms with Gasteiger partial charge in [0.2, 0.25) is 5.91 Å². The van der Waals surface area contributed by atoms with Crippen LogP contribution in [0.4, 0.5) is 4.39 Å². The Labute approximate surface area is 172 Å². The average molecular weight is 421 g/mol. The van der Waals surface area contributed by atoms with E-state index in [-0.39, 0.29) is 23.7 Å². The maximum absolute atomic E-state index is 13.5. The molecule has 1 saturated carbocycles. The maximum Gasteiger partial charge on any atom is 0.226 e. The van der Waals surface area contributed by atoms with Gasteiger partial charge in [0.25, 0.3) is 0 Å². The normalized spacial score (nSPS) is 18.5. The van der Waals surface area contributed by atoms with Crippen molar-refractivity contribution < 1.29 is 14.0 Å². The van der Waals surface area contributed by atoms with E-state index in [1.54, 1.807) is 23.1 Å². The highest BCUT2D eigenvalue weighted by Crippen LogP contribution is 2.32. The van der Waals surface area contributed by atoms with Crippen LogP contribution in [0.3, 0.4) is 0 Å². The van der Waals surface area contributed by atoms with Gasteiger partial charge in [-0.1, -0.05) is 46.6 Å². The summed E-state index contributed by atoms with van der Waals surface area (Å²) in [5.41, 5.74) is 2.38. The van der Waals surface area contributed by atoms with Crippen LogP contribution in [0.15, 0.2) is 47.6 Å². The fraction of sp³-hybridized carbons (Fsp3) is 0.333. The van der Waals surface area contributed by atoms with Gasteiger partial charge in [-0.25, -0.2) is 4.39 Å². The van der Waals surface area contributed by atoms with E-state index in [1.807, 2.05) is 12.1 Å². The number of carbonyl (C=O) groups excluding carboxylic acids is 1. The Kier molecular flexibility index (Phi) is 5.56. The van der Waals surface area contributed by atoms with Crippen LogP contribution in [0, 0.1) is 11.7 Å². The minimum atomic E-state index is -0.307. The summed E-state index contributed by atoms with van der Waals surface area (Å²) in [6.45, 7) is 0.759. The number of carbonyl (C=O) groups is 1. The first-order valence-electron chi connectivity index (χ1n) is 9.21. The minimum absolute atomic E-state index is 0.0745. The summed E-state index contributed by atoms with van der Waals surface area (Å²) in [7, 11) is 0. The Balaban J connectivity index is 1.44. The lowest BCUT2D eigenvalue weighted by Crippen LogP contribution is -2.38. The summed E-state index contributed by atoms with van der Waals surface area (Å²) in [5.74, 6) is -0.139. The molecule has 1 aliphatic carbocycles. The van der Waals surface area contributed by atoms with Crippen molar-refractivity contribution >= 4 is 34.8 Å². The summed E-state index contributed by atoms with van der Waals surface area (Å²) in [4.78, 5) is 20.1. The maximum atomic E-state index is 13.5. The molecule has 4 rings (SSSR count). The molecule has 2 aliphatic rings. The zero-order valence-corrected chi connectivity index (χ0v) is 16.6. The Morgan fingerprint density at radius 1 is 1.18 bits per heavy atom. The number of halogens is 3. The molecular formula is C21H19Cl2FN2O2. The van der Waals surface area contributed by atoms with E-state index in [4.69, 9.17) is 28.0 Å². The molecule has 2 aromatic rings. The van der Waals surface area contributed by atoms with Gasteiger partial charge >= 0.3 is 0 Å². The second-order valence-electron chi connectivity index (χ2n) is 7.22. The lowest BCUT2D eigenvalue weighted by molar-refractivity contribution is -0.135. The lowest BCUT2D eigenvalue weighted by Gasteiger charge is -2.25. The number of oxime groups is 1. The molecule has 7 heteroatoms. The first-order chi connectivity index (χ1) is 13.5. The molecule has 2 aromatic carbocycles. The van der Waals surface area contributed by atoms with Gasteiger partial charge in [-0.05, 0) is 42.7 Å². The molecule has 0 spiro atoms. The van der Waals surface area contributed by atoms with Gasteiger partial charge in [-0.2, -0.15) is 0 Å². The third-order valence-corrected chi connectivity index (χ3v) is 5.65. The topological polar surface area (TPSA) is 41.9 Å². The first kappa shape index (κ1) is 19.2. The van der Waals surface area contributed by atoms with Crippen LogP contribution in [0.2, 0.25) is 10.0 Å². The van der Waals surface area contributed by atoms with Crippen molar-refractivity contribution in [1.82, 2.24) is 4.90 Å². The van der Waals surface area contributed by atoms with E-state index in [9.17, 15) is 9.18 Å². The summed E-state index contributed by atoms with van der Waals surface area (Å²) in [6, 6.07) is 11.7.